The first kappa shape index (κ1) is 20.2. The number of hydrogen-bond donors (Lipinski definition) is 1. The van der Waals surface area contributed by atoms with Crippen molar-refractivity contribution in [2.24, 2.45) is 0 Å². The van der Waals surface area contributed by atoms with Crippen LogP contribution in [0.5, 0.6) is 0 Å². The van der Waals surface area contributed by atoms with Crippen LogP contribution in [0, 0.1) is 12.7 Å². The number of fused-ring (bicyclic) bond motifs is 1. The number of hydrogen-bond acceptors (Lipinski definition) is 5. The van der Waals surface area contributed by atoms with Gasteiger partial charge in [0.1, 0.15) is 17.1 Å². The number of amides is 1. The number of aryl methyl sites for hydroxylation is 2. The number of benzene rings is 1. The number of nitrogens with one attached hydrogen (secondary N) is 1. The minimum Gasteiger partial charge on any atom is -0.324 e. The molecular formula is C21H18FN3O3S2. The van der Waals surface area contributed by atoms with E-state index in [1.807, 2.05) is 17.5 Å². The monoisotopic (exact) mass is 443 g/mol. The summed E-state index contributed by atoms with van der Waals surface area (Å²) in [6.45, 7) is 1.68. The number of thiophene rings is 2. The first-order valence-electron chi connectivity index (χ1n) is 9.23. The average Bonchev–Trinajstić information content (AvgIpc) is 3.39. The minimum absolute atomic E-state index is 0.241. The molecule has 0 aliphatic carbocycles. The Morgan fingerprint density at radius 1 is 1.10 bits per heavy atom. The highest BCUT2D eigenvalue weighted by atomic mass is 32.1. The maximum absolute atomic E-state index is 13.3. The van der Waals surface area contributed by atoms with E-state index in [-0.39, 0.29) is 24.5 Å². The van der Waals surface area contributed by atoms with Crippen LogP contribution in [0.3, 0.4) is 0 Å². The lowest BCUT2D eigenvalue weighted by atomic mass is 10.2. The highest BCUT2D eigenvalue weighted by Gasteiger charge is 2.17. The summed E-state index contributed by atoms with van der Waals surface area (Å²) in [6.07, 6.45) is 0.560. The number of nitrogens with zero attached hydrogens (tertiary/aromatic N) is 2. The summed E-state index contributed by atoms with van der Waals surface area (Å²) in [5, 5.41) is 6.39. The van der Waals surface area contributed by atoms with Crippen LogP contribution in [0.4, 0.5) is 10.1 Å². The highest BCUT2D eigenvalue weighted by Crippen LogP contribution is 2.18. The maximum Gasteiger partial charge on any atom is 0.332 e. The zero-order valence-corrected chi connectivity index (χ0v) is 17.7. The van der Waals surface area contributed by atoms with Gasteiger partial charge < -0.3 is 5.32 Å². The van der Waals surface area contributed by atoms with Crippen LogP contribution >= 0.6 is 22.7 Å². The third kappa shape index (κ3) is 3.99. The molecule has 4 aromatic rings. The fraction of sp³-hybridized carbons (Fsp3) is 0.190. The van der Waals surface area contributed by atoms with Gasteiger partial charge in [-0.2, -0.15) is 0 Å². The minimum atomic E-state index is -0.520. The van der Waals surface area contributed by atoms with Crippen LogP contribution in [0.2, 0.25) is 0 Å². The fourth-order valence-corrected chi connectivity index (χ4v) is 4.80. The molecule has 0 saturated carbocycles. The summed E-state index contributed by atoms with van der Waals surface area (Å²) in [7, 11) is 0. The van der Waals surface area contributed by atoms with Crippen molar-refractivity contribution >= 4 is 44.5 Å². The lowest BCUT2D eigenvalue weighted by Gasteiger charge is -2.13. The SMILES string of the molecule is Cc1cc(F)ccc1NC(=O)Cn1c(=O)n(CCc2cccs2)c(=O)c2sccc21. The maximum atomic E-state index is 13.3. The molecule has 0 aliphatic rings. The molecule has 4 rings (SSSR count). The molecule has 0 unspecified atom stereocenters. The van der Waals surface area contributed by atoms with Crippen LogP contribution in [0.15, 0.2) is 56.7 Å². The quantitative estimate of drug-likeness (QED) is 0.495. The Morgan fingerprint density at radius 3 is 2.67 bits per heavy atom. The third-order valence-electron chi connectivity index (χ3n) is 4.76. The van der Waals surface area contributed by atoms with Crippen LogP contribution in [-0.2, 0) is 24.3 Å². The molecule has 154 valence electrons. The molecule has 3 aromatic heterocycles. The van der Waals surface area contributed by atoms with E-state index in [2.05, 4.69) is 5.32 Å². The smallest absolute Gasteiger partial charge is 0.324 e. The average molecular weight is 444 g/mol. The van der Waals surface area contributed by atoms with E-state index >= 15 is 0 Å². The Kier molecular flexibility index (Phi) is 5.65. The van der Waals surface area contributed by atoms with Crippen molar-refractivity contribution < 1.29 is 9.18 Å². The molecule has 6 nitrogen and oxygen atoms in total. The van der Waals surface area contributed by atoms with Gasteiger partial charge in [-0.3, -0.25) is 18.7 Å². The summed E-state index contributed by atoms with van der Waals surface area (Å²) >= 11 is 2.81. The highest BCUT2D eigenvalue weighted by molar-refractivity contribution is 7.17. The number of carbonyl (C=O) groups excluding carboxylic acids is 1. The van der Waals surface area contributed by atoms with Crippen LogP contribution in [0.1, 0.15) is 10.4 Å². The molecule has 30 heavy (non-hydrogen) atoms. The first-order valence-corrected chi connectivity index (χ1v) is 11.0. The van der Waals surface area contributed by atoms with E-state index in [0.29, 0.717) is 27.9 Å². The molecule has 0 radical (unpaired) electrons. The zero-order chi connectivity index (χ0) is 21.3. The number of anilines is 1. The van der Waals surface area contributed by atoms with Gasteiger partial charge in [0.25, 0.3) is 5.56 Å². The molecule has 3 heterocycles. The molecule has 0 bridgehead atoms. The Bertz CT molecular complexity index is 1340. The third-order valence-corrected chi connectivity index (χ3v) is 6.59. The molecule has 0 atom stereocenters. The first-order chi connectivity index (χ1) is 14.4. The second-order valence-corrected chi connectivity index (χ2v) is 8.75. The van der Waals surface area contributed by atoms with E-state index in [4.69, 9.17) is 0 Å². The van der Waals surface area contributed by atoms with Crippen molar-refractivity contribution in [1.82, 2.24) is 9.13 Å². The fourth-order valence-electron chi connectivity index (χ4n) is 3.26. The summed E-state index contributed by atoms with van der Waals surface area (Å²) in [6, 6.07) is 9.61. The Balaban J connectivity index is 1.66. The molecule has 1 N–H and O–H groups in total. The van der Waals surface area contributed by atoms with Gasteiger partial charge >= 0.3 is 5.69 Å². The van der Waals surface area contributed by atoms with Crippen molar-refractivity contribution in [3.05, 3.63) is 84.3 Å². The van der Waals surface area contributed by atoms with E-state index < -0.39 is 11.6 Å². The molecule has 1 aromatic carbocycles. The Morgan fingerprint density at radius 2 is 1.93 bits per heavy atom. The summed E-state index contributed by atoms with van der Waals surface area (Å²) < 4.78 is 16.2. The largest absolute Gasteiger partial charge is 0.332 e. The van der Waals surface area contributed by atoms with Gasteiger partial charge in [0.2, 0.25) is 5.91 Å². The van der Waals surface area contributed by atoms with Crippen molar-refractivity contribution in [2.75, 3.05) is 5.32 Å². The van der Waals surface area contributed by atoms with Gasteiger partial charge in [0.15, 0.2) is 0 Å². The van der Waals surface area contributed by atoms with Crippen molar-refractivity contribution in [1.29, 1.82) is 0 Å². The van der Waals surface area contributed by atoms with Gasteiger partial charge in [0.05, 0.1) is 5.52 Å². The molecule has 0 aliphatic heterocycles. The van der Waals surface area contributed by atoms with E-state index in [1.54, 1.807) is 29.7 Å². The number of rotatable bonds is 6. The summed E-state index contributed by atoms with van der Waals surface area (Å²) in [5.74, 6) is -0.817. The van der Waals surface area contributed by atoms with Crippen molar-refractivity contribution in [3.8, 4) is 0 Å². The number of aromatic nitrogens is 2. The van der Waals surface area contributed by atoms with Crippen LogP contribution in [0.25, 0.3) is 10.2 Å². The van der Waals surface area contributed by atoms with E-state index in [0.717, 1.165) is 4.88 Å². The van der Waals surface area contributed by atoms with E-state index in [9.17, 15) is 18.8 Å². The normalized spacial score (nSPS) is 11.1. The topological polar surface area (TPSA) is 73.1 Å². The number of carbonyl (C=O) groups is 1. The predicted octanol–water partition coefficient (Wildman–Crippen LogP) is 3.62. The van der Waals surface area contributed by atoms with Gasteiger partial charge in [-0.1, -0.05) is 6.07 Å². The molecule has 0 spiro atoms. The summed E-state index contributed by atoms with van der Waals surface area (Å²) in [5.41, 5.74) is 0.633. The molecule has 1 amide bonds. The van der Waals surface area contributed by atoms with Crippen molar-refractivity contribution in [3.63, 3.8) is 0 Å². The molecular weight excluding hydrogens is 425 g/mol. The standard InChI is InChI=1S/C21H18FN3O3S2/c1-13-11-14(22)4-5-16(13)23-18(26)12-25-17-7-10-30-19(17)20(27)24(21(25)28)8-6-15-3-2-9-29-15/h2-5,7,9-11H,6,8,12H2,1H3,(H,23,26). The second kappa shape index (κ2) is 8.37. The zero-order valence-electron chi connectivity index (χ0n) is 16.1. The lowest BCUT2D eigenvalue weighted by molar-refractivity contribution is -0.116. The van der Waals surface area contributed by atoms with Crippen LogP contribution < -0.4 is 16.6 Å². The lowest BCUT2D eigenvalue weighted by Crippen LogP contribution is -2.41. The predicted molar refractivity (Wildman–Crippen MR) is 118 cm³/mol. The van der Waals surface area contributed by atoms with Gasteiger partial charge in [-0.25, -0.2) is 9.18 Å². The number of halogens is 1. The molecule has 0 fully saturated rings. The van der Waals surface area contributed by atoms with Crippen molar-refractivity contribution in [2.45, 2.75) is 26.4 Å². The molecule has 9 heteroatoms. The van der Waals surface area contributed by atoms with Gasteiger partial charge in [0, 0.05) is 17.1 Å². The van der Waals surface area contributed by atoms with Gasteiger partial charge in [-0.15, -0.1) is 22.7 Å². The molecule has 0 saturated heterocycles. The Labute approximate surface area is 178 Å². The van der Waals surface area contributed by atoms with E-state index in [1.165, 1.54) is 38.7 Å². The van der Waals surface area contributed by atoms with Gasteiger partial charge in [-0.05, 0) is 60.0 Å². The second-order valence-electron chi connectivity index (χ2n) is 6.80. The summed E-state index contributed by atoms with van der Waals surface area (Å²) in [4.78, 5) is 39.6. The van der Waals surface area contributed by atoms with Crippen LogP contribution in [-0.4, -0.2) is 15.0 Å². The Hall–Kier alpha value is -3.04.